The topological polar surface area (TPSA) is 79.5 Å². The first kappa shape index (κ1) is 48.0. The lowest BCUT2D eigenvalue weighted by atomic mass is 10.1. The average Bonchev–Trinajstić information content (AvgIpc) is 3.12. The second-order valence-electron chi connectivity index (χ2n) is 15.4. The minimum Gasteiger partial charge on any atom is -0.262 e. The van der Waals surface area contributed by atoms with Crippen molar-refractivity contribution in [2.75, 3.05) is 19.6 Å². The summed E-state index contributed by atoms with van der Waals surface area (Å²) < 4.78 is 33.6. The van der Waals surface area contributed by atoms with Crippen molar-refractivity contribution in [3.63, 3.8) is 0 Å². The molecule has 0 aliphatic rings. The van der Waals surface area contributed by atoms with Gasteiger partial charge in [-0.05, 0) is 38.3 Å². The van der Waals surface area contributed by atoms with E-state index in [-0.39, 0.29) is 4.90 Å². The summed E-state index contributed by atoms with van der Waals surface area (Å²) in [5.41, 5.74) is 1.03. The average molecular weight is 736 g/mol. The molecule has 1 aromatic rings. The van der Waals surface area contributed by atoms with Crippen LogP contribution in [-0.2, 0) is 14.3 Å². The highest BCUT2D eigenvalue weighted by Crippen LogP contribution is 2.19. The van der Waals surface area contributed by atoms with Crippen molar-refractivity contribution < 1.29 is 12.6 Å². The molecule has 0 spiro atoms. The molecule has 0 saturated carbocycles. The van der Waals surface area contributed by atoms with Crippen LogP contribution in [0, 0.1) is 6.92 Å². The lowest BCUT2D eigenvalue weighted by Crippen LogP contribution is -2.69. The Labute approximate surface area is 318 Å². The van der Waals surface area contributed by atoms with Crippen LogP contribution >= 0.6 is 0 Å². The third-order valence-electron chi connectivity index (χ3n) is 10.3. The maximum atomic E-state index is 13.7. The normalized spacial score (nSPS) is 12.2. The highest BCUT2D eigenvalue weighted by atomic mass is 32.2. The van der Waals surface area contributed by atoms with Gasteiger partial charge in [0.05, 0.1) is 4.90 Å². The van der Waals surface area contributed by atoms with Gasteiger partial charge in [-0.2, -0.15) is 8.42 Å². The van der Waals surface area contributed by atoms with E-state index in [9.17, 15) is 8.42 Å². The van der Waals surface area contributed by atoms with E-state index in [1.165, 1.54) is 154 Å². The monoisotopic (exact) mass is 736 g/mol. The van der Waals surface area contributed by atoms with E-state index in [0.29, 0.717) is 19.6 Å². The number of nitrogens with one attached hydrogen (secondary N) is 3. The Bertz CT molecular complexity index is 921. The molecule has 0 heterocycles. The highest BCUT2D eigenvalue weighted by Gasteiger charge is 2.36. The van der Waals surface area contributed by atoms with E-state index in [0.717, 1.165) is 44.1 Å². The Morgan fingerprint density at radius 2 is 0.686 bits per heavy atom. The van der Waals surface area contributed by atoms with Gasteiger partial charge < -0.3 is 0 Å². The zero-order chi connectivity index (χ0) is 37.1. The van der Waals surface area contributed by atoms with Crippen LogP contribution in [-0.4, -0.2) is 34.0 Å². The third kappa shape index (κ3) is 27.3. The van der Waals surface area contributed by atoms with Crippen LogP contribution in [0.1, 0.15) is 219 Å². The van der Waals surface area contributed by atoms with E-state index in [1.54, 1.807) is 12.1 Å². The maximum Gasteiger partial charge on any atom is 0.300 e. The Morgan fingerprint density at radius 3 is 0.961 bits per heavy atom. The second kappa shape index (κ2) is 33.6. The molecule has 7 heteroatoms. The van der Waals surface area contributed by atoms with Gasteiger partial charge in [0.1, 0.15) is 0 Å². The number of hydrogen-bond acceptors (Lipinski definition) is 6. The molecule has 0 unspecified atom stereocenters. The standard InChI is InChI=1S/C44H85N3O3S/c1-5-8-11-14-17-20-23-26-29-32-39-45-44(50-51(48,49)43-37-35-42(4)36-38-43,46-40-33-30-27-24-21-18-15-12-9-6-2)47-41-34-31-28-25-22-19-16-13-10-7-3/h35-38,45-47H,5-34,39-41H2,1-4H3. The van der Waals surface area contributed by atoms with Gasteiger partial charge in [-0.15, -0.1) is 0 Å². The molecule has 0 bridgehead atoms. The van der Waals surface area contributed by atoms with Crippen LogP contribution in [0.2, 0.25) is 0 Å². The van der Waals surface area contributed by atoms with E-state index < -0.39 is 16.1 Å². The molecular formula is C44H85N3O3S. The van der Waals surface area contributed by atoms with E-state index >= 15 is 0 Å². The minimum atomic E-state index is -4.02. The zero-order valence-corrected chi connectivity index (χ0v) is 35.1. The Balaban J connectivity index is 2.78. The van der Waals surface area contributed by atoms with Crippen LogP contribution in [0.25, 0.3) is 0 Å². The summed E-state index contributed by atoms with van der Waals surface area (Å²) in [7, 11) is -4.02. The first-order valence-corrected chi connectivity index (χ1v) is 23.6. The van der Waals surface area contributed by atoms with Gasteiger partial charge in [-0.25, -0.2) is 4.18 Å². The van der Waals surface area contributed by atoms with Gasteiger partial charge in [0.15, 0.2) is 0 Å². The molecule has 1 aromatic carbocycles. The van der Waals surface area contributed by atoms with Crippen molar-refractivity contribution in [1.82, 2.24) is 16.0 Å². The molecule has 1 rings (SSSR count). The van der Waals surface area contributed by atoms with E-state index in [4.69, 9.17) is 4.18 Å². The molecule has 0 aliphatic heterocycles. The predicted molar refractivity (Wildman–Crippen MR) is 222 cm³/mol. The van der Waals surface area contributed by atoms with Gasteiger partial charge in [-0.3, -0.25) is 16.0 Å². The lowest BCUT2D eigenvalue weighted by Gasteiger charge is -2.36. The summed E-state index contributed by atoms with van der Waals surface area (Å²) in [6.07, 6.45) is 38.1. The summed E-state index contributed by atoms with van der Waals surface area (Å²) >= 11 is 0. The predicted octanol–water partition coefficient (Wildman–Crippen LogP) is 12.8. The molecule has 0 fully saturated rings. The van der Waals surface area contributed by atoms with Crippen LogP contribution in [0.3, 0.4) is 0 Å². The maximum absolute atomic E-state index is 13.7. The Morgan fingerprint density at radius 1 is 0.431 bits per heavy atom. The van der Waals surface area contributed by atoms with E-state index in [1.807, 2.05) is 19.1 Å². The highest BCUT2D eigenvalue weighted by molar-refractivity contribution is 7.86. The summed E-state index contributed by atoms with van der Waals surface area (Å²) in [5, 5.41) is 10.6. The number of rotatable bonds is 39. The SMILES string of the molecule is CCCCCCCCCCCCNC(NCCCCCCCCCCCC)(NCCCCCCCCCCCC)OS(=O)(=O)c1ccc(C)cc1. The van der Waals surface area contributed by atoms with Crippen molar-refractivity contribution >= 4 is 10.1 Å². The van der Waals surface area contributed by atoms with Crippen LogP contribution < -0.4 is 16.0 Å². The van der Waals surface area contributed by atoms with Crippen molar-refractivity contribution in [2.24, 2.45) is 0 Å². The first-order chi connectivity index (χ1) is 24.9. The fourth-order valence-corrected chi connectivity index (χ4v) is 7.90. The van der Waals surface area contributed by atoms with Crippen molar-refractivity contribution in [3.8, 4) is 0 Å². The van der Waals surface area contributed by atoms with Gasteiger partial charge in [-0.1, -0.05) is 212 Å². The molecule has 0 aromatic heterocycles. The molecule has 0 aliphatic carbocycles. The smallest absolute Gasteiger partial charge is 0.262 e. The van der Waals surface area contributed by atoms with Gasteiger partial charge in [0.2, 0.25) is 0 Å². The first-order valence-electron chi connectivity index (χ1n) is 22.2. The van der Waals surface area contributed by atoms with E-state index in [2.05, 4.69) is 36.7 Å². The molecule has 0 saturated heterocycles. The molecular weight excluding hydrogens is 651 g/mol. The quantitative estimate of drug-likeness (QED) is 0.0355. The van der Waals surface area contributed by atoms with Gasteiger partial charge in [0, 0.05) is 19.6 Å². The van der Waals surface area contributed by atoms with Crippen LogP contribution in [0.4, 0.5) is 0 Å². The fourth-order valence-electron chi connectivity index (χ4n) is 6.82. The largest absolute Gasteiger partial charge is 0.300 e. The lowest BCUT2D eigenvalue weighted by molar-refractivity contribution is -0.0284. The Kier molecular flexibility index (Phi) is 31.6. The zero-order valence-electron chi connectivity index (χ0n) is 34.3. The van der Waals surface area contributed by atoms with Crippen molar-refractivity contribution in [1.29, 1.82) is 0 Å². The molecule has 0 atom stereocenters. The number of unbranched alkanes of at least 4 members (excludes halogenated alkanes) is 27. The van der Waals surface area contributed by atoms with Crippen LogP contribution in [0.5, 0.6) is 0 Å². The molecule has 300 valence electrons. The Hall–Kier alpha value is -0.990. The van der Waals surface area contributed by atoms with Crippen molar-refractivity contribution in [2.45, 2.75) is 231 Å². The summed E-state index contributed by atoms with van der Waals surface area (Å²) in [4.78, 5) is 0.194. The van der Waals surface area contributed by atoms with Crippen LogP contribution in [0.15, 0.2) is 29.2 Å². The second-order valence-corrected chi connectivity index (χ2v) is 16.9. The minimum absolute atomic E-state index is 0.194. The van der Waals surface area contributed by atoms with Gasteiger partial charge >= 0.3 is 10.1 Å². The number of benzene rings is 1. The number of aryl methyl sites for hydroxylation is 1. The summed E-state index contributed by atoms with van der Waals surface area (Å²) in [6, 6.07) is 6.98. The molecule has 51 heavy (non-hydrogen) atoms. The summed E-state index contributed by atoms with van der Waals surface area (Å²) in [6.45, 7) is 10.9. The molecule has 6 nitrogen and oxygen atoms in total. The fraction of sp³-hybridized carbons (Fsp3) is 0.864. The third-order valence-corrected chi connectivity index (χ3v) is 11.6. The summed E-state index contributed by atoms with van der Waals surface area (Å²) in [5.74, 6) is -1.33. The molecule has 0 amide bonds. The van der Waals surface area contributed by atoms with Gasteiger partial charge in [0.25, 0.3) is 5.97 Å². The molecule has 0 radical (unpaired) electrons. The van der Waals surface area contributed by atoms with Crippen molar-refractivity contribution in [3.05, 3.63) is 29.8 Å². The number of hydrogen-bond donors (Lipinski definition) is 3. The molecule has 3 N–H and O–H groups in total.